The lowest BCUT2D eigenvalue weighted by Crippen LogP contribution is -1.81. The third-order valence-corrected chi connectivity index (χ3v) is 3.83. The Morgan fingerprint density at radius 2 is 1.25 bits per heavy atom. The van der Waals surface area contributed by atoms with Crippen molar-refractivity contribution in [3.8, 4) is 0 Å². The Morgan fingerprint density at radius 1 is 0.700 bits per heavy atom. The number of hydrogen-bond donors (Lipinski definition) is 0. The smallest absolute Gasteiger partial charge is 0.0279 e. The second-order valence-electron chi connectivity index (χ2n) is 5.91. The molecular formula is C20H37. The highest BCUT2D eigenvalue weighted by molar-refractivity contribution is 4.73. The lowest BCUT2D eigenvalue weighted by atomic mass is 10.1. The molecule has 0 saturated carbocycles. The molecule has 20 heavy (non-hydrogen) atoms. The van der Waals surface area contributed by atoms with Crippen molar-refractivity contribution in [1.82, 2.24) is 0 Å². The van der Waals surface area contributed by atoms with E-state index in [1.165, 1.54) is 96.3 Å². The van der Waals surface area contributed by atoms with E-state index < -0.39 is 0 Å². The summed E-state index contributed by atoms with van der Waals surface area (Å²) in [5.74, 6) is 0. The Kier molecular flexibility index (Phi) is 18.0. The van der Waals surface area contributed by atoms with Crippen molar-refractivity contribution in [3.63, 3.8) is 0 Å². The van der Waals surface area contributed by atoms with Crippen LogP contribution >= 0.6 is 0 Å². The van der Waals surface area contributed by atoms with Crippen LogP contribution in [-0.4, -0.2) is 0 Å². The van der Waals surface area contributed by atoms with E-state index in [9.17, 15) is 0 Å². The maximum absolute atomic E-state index is 3.76. The molecule has 1 radical (unpaired) electrons. The van der Waals surface area contributed by atoms with E-state index in [2.05, 4.69) is 25.7 Å². The molecular weight excluding hydrogens is 240 g/mol. The number of unbranched alkanes of at least 4 members (excludes halogenated alkanes) is 13. The van der Waals surface area contributed by atoms with Crippen LogP contribution in [0.15, 0.2) is 18.7 Å². The molecule has 0 atom stereocenters. The molecule has 0 nitrogen and oxygen atoms in total. The predicted molar refractivity (Wildman–Crippen MR) is 92.9 cm³/mol. The van der Waals surface area contributed by atoms with Crippen molar-refractivity contribution in [2.75, 3.05) is 0 Å². The van der Waals surface area contributed by atoms with Crippen molar-refractivity contribution >= 4 is 0 Å². The summed E-state index contributed by atoms with van der Waals surface area (Å²) < 4.78 is 0. The van der Waals surface area contributed by atoms with Crippen LogP contribution < -0.4 is 0 Å². The van der Waals surface area contributed by atoms with Gasteiger partial charge < -0.3 is 0 Å². The molecule has 0 spiro atoms. The summed E-state index contributed by atoms with van der Waals surface area (Å²) in [5, 5.41) is 0. The molecule has 0 unspecified atom stereocenters. The highest BCUT2D eigenvalue weighted by atomic mass is 14.0. The minimum Gasteiger partial charge on any atom is -0.103 e. The Balaban J connectivity index is 3.00. The van der Waals surface area contributed by atoms with E-state index in [-0.39, 0.29) is 0 Å². The minimum absolute atomic E-state index is 1.17. The fourth-order valence-corrected chi connectivity index (χ4v) is 2.45. The SMILES string of the molecule is C=CCCCCCCCCCCC/[C]=C/CCCCC. The molecule has 0 saturated heterocycles. The van der Waals surface area contributed by atoms with Gasteiger partial charge in [0.05, 0.1) is 0 Å². The van der Waals surface area contributed by atoms with Crippen molar-refractivity contribution in [2.24, 2.45) is 0 Å². The van der Waals surface area contributed by atoms with Gasteiger partial charge in [-0.2, -0.15) is 0 Å². The van der Waals surface area contributed by atoms with Crippen molar-refractivity contribution in [3.05, 3.63) is 24.8 Å². The third-order valence-electron chi connectivity index (χ3n) is 3.83. The van der Waals surface area contributed by atoms with Gasteiger partial charge in [-0.15, -0.1) is 6.58 Å². The number of hydrogen-bond acceptors (Lipinski definition) is 0. The average molecular weight is 278 g/mol. The lowest BCUT2D eigenvalue weighted by molar-refractivity contribution is 0.560. The van der Waals surface area contributed by atoms with Crippen LogP contribution in [0.5, 0.6) is 0 Å². The molecule has 0 rings (SSSR count). The summed E-state index contributed by atoms with van der Waals surface area (Å²) in [5.41, 5.74) is 0. The van der Waals surface area contributed by atoms with E-state index in [1.807, 2.05) is 6.08 Å². The highest BCUT2D eigenvalue weighted by Gasteiger charge is 1.92. The molecule has 0 bridgehead atoms. The van der Waals surface area contributed by atoms with E-state index in [1.54, 1.807) is 0 Å². The Bertz CT molecular complexity index is 202. The number of allylic oxidation sites excluding steroid dienone is 3. The zero-order valence-electron chi connectivity index (χ0n) is 14.0. The molecule has 0 N–H and O–H groups in total. The van der Waals surface area contributed by atoms with Gasteiger partial charge in [0.1, 0.15) is 0 Å². The van der Waals surface area contributed by atoms with Gasteiger partial charge in [0.15, 0.2) is 0 Å². The summed E-state index contributed by atoms with van der Waals surface area (Å²) in [6.07, 6.45) is 28.0. The van der Waals surface area contributed by atoms with Crippen LogP contribution in [0.1, 0.15) is 103 Å². The van der Waals surface area contributed by atoms with Crippen molar-refractivity contribution in [2.45, 2.75) is 103 Å². The zero-order chi connectivity index (χ0) is 14.7. The lowest BCUT2D eigenvalue weighted by Gasteiger charge is -2.01. The minimum atomic E-state index is 1.17. The molecule has 0 aliphatic rings. The van der Waals surface area contributed by atoms with Crippen LogP contribution in [0.25, 0.3) is 0 Å². The standard InChI is InChI=1S/C20H37/c1-3-5-7-9-11-13-15-17-19-20-18-16-14-12-10-8-6-4-2/h3,12H,1,4-11,13,15-20H2,2H3. The summed E-state index contributed by atoms with van der Waals surface area (Å²) in [7, 11) is 0. The molecule has 0 aromatic heterocycles. The van der Waals surface area contributed by atoms with E-state index in [4.69, 9.17) is 0 Å². The van der Waals surface area contributed by atoms with Gasteiger partial charge in [-0.05, 0) is 44.6 Å². The van der Waals surface area contributed by atoms with Crippen LogP contribution in [0.4, 0.5) is 0 Å². The second kappa shape index (κ2) is 18.5. The van der Waals surface area contributed by atoms with Crippen LogP contribution in [0, 0.1) is 6.08 Å². The van der Waals surface area contributed by atoms with Gasteiger partial charge in [0.25, 0.3) is 0 Å². The first kappa shape index (κ1) is 19.5. The van der Waals surface area contributed by atoms with Crippen LogP contribution in [0.3, 0.4) is 0 Å². The average Bonchev–Trinajstić information content (AvgIpc) is 2.47. The first-order chi connectivity index (χ1) is 9.91. The zero-order valence-corrected chi connectivity index (χ0v) is 14.0. The molecule has 0 aromatic rings. The first-order valence-electron chi connectivity index (χ1n) is 9.07. The Labute approximate surface area is 128 Å². The van der Waals surface area contributed by atoms with Gasteiger partial charge in [-0.1, -0.05) is 76.9 Å². The van der Waals surface area contributed by atoms with Crippen molar-refractivity contribution in [1.29, 1.82) is 0 Å². The summed E-state index contributed by atoms with van der Waals surface area (Å²) >= 11 is 0. The molecule has 117 valence electrons. The van der Waals surface area contributed by atoms with Gasteiger partial charge in [0.2, 0.25) is 0 Å². The summed E-state index contributed by atoms with van der Waals surface area (Å²) in [6.45, 7) is 6.02. The van der Waals surface area contributed by atoms with Crippen LogP contribution in [-0.2, 0) is 0 Å². The van der Waals surface area contributed by atoms with Gasteiger partial charge >= 0.3 is 0 Å². The molecule has 0 aliphatic carbocycles. The van der Waals surface area contributed by atoms with Crippen molar-refractivity contribution < 1.29 is 0 Å². The summed E-state index contributed by atoms with van der Waals surface area (Å²) in [4.78, 5) is 0. The van der Waals surface area contributed by atoms with E-state index in [0.717, 1.165) is 0 Å². The molecule has 0 amide bonds. The molecule has 0 heteroatoms. The van der Waals surface area contributed by atoms with Gasteiger partial charge in [-0.3, -0.25) is 0 Å². The molecule has 0 heterocycles. The number of rotatable bonds is 16. The molecule has 0 fully saturated rings. The van der Waals surface area contributed by atoms with Gasteiger partial charge in [0, 0.05) is 0 Å². The largest absolute Gasteiger partial charge is 0.103 e. The fourth-order valence-electron chi connectivity index (χ4n) is 2.45. The normalized spacial score (nSPS) is 11.2. The maximum Gasteiger partial charge on any atom is -0.0279 e. The highest BCUT2D eigenvalue weighted by Crippen LogP contribution is 2.11. The van der Waals surface area contributed by atoms with E-state index in [0.29, 0.717) is 0 Å². The van der Waals surface area contributed by atoms with Gasteiger partial charge in [-0.25, -0.2) is 0 Å². The maximum atomic E-state index is 3.76. The topological polar surface area (TPSA) is 0 Å². The predicted octanol–water partition coefficient (Wildman–Crippen LogP) is 7.40. The summed E-state index contributed by atoms with van der Waals surface area (Å²) in [6, 6.07) is 0. The molecule has 0 aromatic carbocycles. The monoisotopic (exact) mass is 277 g/mol. The third kappa shape index (κ3) is 17.5. The Morgan fingerprint density at radius 3 is 1.85 bits per heavy atom. The Hall–Kier alpha value is -0.520. The van der Waals surface area contributed by atoms with E-state index >= 15 is 0 Å². The first-order valence-corrected chi connectivity index (χ1v) is 9.07. The fraction of sp³-hybridized carbons (Fsp3) is 0.800. The second-order valence-corrected chi connectivity index (χ2v) is 5.91. The molecule has 0 aliphatic heterocycles. The van der Waals surface area contributed by atoms with Crippen LogP contribution in [0.2, 0.25) is 0 Å². The quantitative estimate of drug-likeness (QED) is 0.203.